The van der Waals surface area contributed by atoms with Crippen LogP contribution in [0.2, 0.25) is 0 Å². The van der Waals surface area contributed by atoms with Crippen LogP contribution in [0.15, 0.2) is 40.9 Å². The van der Waals surface area contributed by atoms with Crippen molar-refractivity contribution in [3.63, 3.8) is 0 Å². The molecule has 0 radical (unpaired) electrons. The summed E-state index contributed by atoms with van der Waals surface area (Å²) < 4.78 is 4.99. The van der Waals surface area contributed by atoms with Crippen molar-refractivity contribution in [2.24, 2.45) is 0 Å². The van der Waals surface area contributed by atoms with Crippen LogP contribution in [0.25, 0.3) is 0 Å². The highest BCUT2D eigenvalue weighted by atomic mass is 16.5. The molecule has 0 spiro atoms. The number of Topliss-reactive ketones (excluding diaryl/α,β-unsaturated/α-hetero) is 1. The van der Waals surface area contributed by atoms with Gasteiger partial charge in [-0.2, -0.15) is 0 Å². The predicted molar refractivity (Wildman–Crippen MR) is 60.4 cm³/mol. The third-order valence-electron chi connectivity index (χ3n) is 2.38. The van der Waals surface area contributed by atoms with Gasteiger partial charge in [-0.3, -0.25) is 4.79 Å². The zero-order valence-corrected chi connectivity index (χ0v) is 9.14. The Hall–Kier alpha value is -1.90. The fourth-order valence-corrected chi connectivity index (χ4v) is 1.51. The van der Waals surface area contributed by atoms with Crippen molar-refractivity contribution in [1.29, 1.82) is 0 Å². The Morgan fingerprint density at radius 1 is 1.31 bits per heavy atom. The molecule has 82 valence electrons. The van der Waals surface area contributed by atoms with Crippen LogP contribution in [0.1, 0.15) is 35.2 Å². The number of carbonyl (C=O) groups excluding carboxylic acids is 1. The highest BCUT2D eigenvalue weighted by Gasteiger charge is 2.10. The molecule has 16 heavy (non-hydrogen) atoms. The fraction of sp³-hybridized carbons (Fsp3) is 0.231. The van der Waals surface area contributed by atoms with E-state index in [1.165, 1.54) is 0 Å². The van der Waals surface area contributed by atoms with Crippen LogP contribution in [-0.4, -0.2) is 10.9 Å². The SMILES string of the molecule is CCC(=O)c1cc(Cc2ccccc2)no1. The maximum absolute atomic E-state index is 11.3. The molecule has 0 fully saturated rings. The summed E-state index contributed by atoms with van der Waals surface area (Å²) in [5, 5.41) is 3.88. The van der Waals surface area contributed by atoms with Gasteiger partial charge in [0.15, 0.2) is 0 Å². The van der Waals surface area contributed by atoms with E-state index in [-0.39, 0.29) is 5.78 Å². The first-order chi connectivity index (χ1) is 7.79. The van der Waals surface area contributed by atoms with Crippen molar-refractivity contribution in [2.45, 2.75) is 19.8 Å². The summed E-state index contributed by atoms with van der Waals surface area (Å²) in [5.74, 6) is 0.347. The van der Waals surface area contributed by atoms with Crippen LogP contribution < -0.4 is 0 Å². The lowest BCUT2D eigenvalue weighted by Crippen LogP contribution is -1.92. The van der Waals surface area contributed by atoms with Crippen molar-refractivity contribution < 1.29 is 9.32 Å². The summed E-state index contributed by atoms with van der Waals surface area (Å²) in [4.78, 5) is 11.3. The quantitative estimate of drug-likeness (QED) is 0.736. The first kappa shape index (κ1) is 10.6. The Bertz CT molecular complexity index is 474. The van der Waals surface area contributed by atoms with Gasteiger partial charge in [-0.25, -0.2) is 0 Å². The van der Waals surface area contributed by atoms with Crippen LogP contribution >= 0.6 is 0 Å². The number of hydrogen-bond acceptors (Lipinski definition) is 3. The number of ketones is 1. The molecule has 0 amide bonds. The molecular weight excluding hydrogens is 202 g/mol. The molecule has 3 heteroatoms. The van der Waals surface area contributed by atoms with Gasteiger partial charge in [0.1, 0.15) is 0 Å². The molecule has 2 rings (SSSR count). The lowest BCUT2D eigenvalue weighted by Gasteiger charge is -1.94. The minimum atomic E-state index is -0.00758. The van der Waals surface area contributed by atoms with E-state index in [0.29, 0.717) is 18.6 Å². The first-order valence-electron chi connectivity index (χ1n) is 5.32. The number of aromatic nitrogens is 1. The van der Waals surface area contributed by atoms with Gasteiger partial charge in [0, 0.05) is 18.9 Å². The molecule has 0 saturated heterocycles. The van der Waals surface area contributed by atoms with Crippen LogP contribution in [-0.2, 0) is 6.42 Å². The highest BCUT2D eigenvalue weighted by molar-refractivity contribution is 5.93. The topological polar surface area (TPSA) is 43.1 Å². The van der Waals surface area contributed by atoms with Gasteiger partial charge in [-0.1, -0.05) is 42.4 Å². The summed E-state index contributed by atoms with van der Waals surface area (Å²) in [6.07, 6.45) is 1.14. The molecule has 3 nitrogen and oxygen atoms in total. The lowest BCUT2D eigenvalue weighted by molar-refractivity contribution is 0.0952. The minimum absolute atomic E-state index is 0.00758. The molecule has 2 aromatic rings. The fourth-order valence-electron chi connectivity index (χ4n) is 1.51. The van der Waals surface area contributed by atoms with Crippen molar-refractivity contribution >= 4 is 5.78 Å². The van der Waals surface area contributed by atoms with Crippen LogP contribution in [0, 0.1) is 0 Å². The number of nitrogens with zero attached hydrogens (tertiary/aromatic N) is 1. The molecule has 1 aromatic carbocycles. The van der Waals surface area contributed by atoms with Crippen LogP contribution in [0.3, 0.4) is 0 Å². The Balaban J connectivity index is 2.12. The van der Waals surface area contributed by atoms with E-state index < -0.39 is 0 Å². The van der Waals surface area contributed by atoms with E-state index in [9.17, 15) is 4.79 Å². The van der Waals surface area contributed by atoms with E-state index in [0.717, 1.165) is 11.3 Å². The molecule has 0 N–H and O–H groups in total. The second-order valence-corrected chi connectivity index (χ2v) is 3.62. The second-order valence-electron chi connectivity index (χ2n) is 3.62. The molecule has 0 unspecified atom stereocenters. The van der Waals surface area contributed by atoms with Crippen molar-refractivity contribution in [3.8, 4) is 0 Å². The summed E-state index contributed by atoms with van der Waals surface area (Å²) in [6.45, 7) is 1.81. The number of benzene rings is 1. The average molecular weight is 215 g/mol. The average Bonchev–Trinajstić information content (AvgIpc) is 2.78. The van der Waals surface area contributed by atoms with Gasteiger partial charge >= 0.3 is 0 Å². The van der Waals surface area contributed by atoms with E-state index >= 15 is 0 Å². The standard InChI is InChI=1S/C13H13NO2/c1-2-12(15)13-9-11(14-16-13)8-10-6-4-3-5-7-10/h3-7,9H,2,8H2,1H3. The van der Waals surface area contributed by atoms with E-state index in [1.807, 2.05) is 37.3 Å². The Kier molecular flexibility index (Phi) is 3.15. The largest absolute Gasteiger partial charge is 0.353 e. The Morgan fingerprint density at radius 3 is 2.75 bits per heavy atom. The summed E-state index contributed by atoms with van der Waals surface area (Å²) in [5.41, 5.74) is 1.95. The van der Waals surface area contributed by atoms with Crippen LogP contribution in [0.5, 0.6) is 0 Å². The molecule has 0 aliphatic heterocycles. The third kappa shape index (κ3) is 2.37. The molecule has 0 aliphatic carbocycles. The van der Waals surface area contributed by atoms with Gasteiger partial charge in [-0.15, -0.1) is 0 Å². The molecule has 1 heterocycles. The van der Waals surface area contributed by atoms with Gasteiger partial charge in [0.05, 0.1) is 5.69 Å². The Morgan fingerprint density at radius 2 is 2.06 bits per heavy atom. The van der Waals surface area contributed by atoms with Crippen molar-refractivity contribution in [2.75, 3.05) is 0 Å². The van der Waals surface area contributed by atoms with E-state index in [2.05, 4.69) is 5.16 Å². The molecule has 0 bridgehead atoms. The summed E-state index contributed by atoms with van der Waals surface area (Å²) in [7, 11) is 0. The molecule has 0 saturated carbocycles. The molecule has 0 aliphatic rings. The maximum atomic E-state index is 11.3. The highest BCUT2D eigenvalue weighted by Crippen LogP contribution is 2.11. The van der Waals surface area contributed by atoms with Gasteiger partial charge in [0.2, 0.25) is 11.5 Å². The number of rotatable bonds is 4. The third-order valence-corrected chi connectivity index (χ3v) is 2.38. The summed E-state index contributed by atoms with van der Waals surface area (Å²) in [6, 6.07) is 11.7. The van der Waals surface area contributed by atoms with Crippen molar-refractivity contribution in [3.05, 3.63) is 53.4 Å². The lowest BCUT2D eigenvalue weighted by atomic mass is 10.1. The van der Waals surface area contributed by atoms with E-state index in [4.69, 9.17) is 4.52 Å². The predicted octanol–water partition coefficient (Wildman–Crippen LogP) is 2.86. The zero-order valence-electron chi connectivity index (χ0n) is 9.14. The van der Waals surface area contributed by atoms with Gasteiger partial charge in [0.25, 0.3) is 0 Å². The normalized spacial score (nSPS) is 10.3. The van der Waals surface area contributed by atoms with Crippen molar-refractivity contribution in [1.82, 2.24) is 5.16 Å². The molecule has 1 aromatic heterocycles. The Labute approximate surface area is 94.1 Å². The first-order valence-corrected chi connectivity index (χ1v) is 5.32. The monoisotopic (exact) mass is 215 g/mol. The second kappa shape index (κ2) is 4.75. The van der Waals surface area contributed by atoms with Crippen LogP contribution in [0.4, 0.5) is 0 Å². The zero-order chi connectivity index (χ0) is 11.4. The summed E-state index contributed by atoms with van der Waals surface area (Å²) >= 11 is 0. The number of carbonyl (C=O) groups is 1. The van der Waals surface area contributed by atoms with Gasteiger partial charge < -0.3 is 4.52 Å². The minimum Gasteiger partial charge on any atom is -0.353 e. The number of hydrogen-bond donors (Lipinski definition) is 0. The maximum Gasteiger partial charge on any atom is 0.202 e. The van der Waals surface area contributed by atoms with E-state index in [1.54, 1.807) is 6.07 Å². The smallest absolute Gasteiger partial charge is 0.202 e. The molecular formula is C13H13NO2. The van der Waals surface area contributed by atoms with Gasteiger partial charge in [-0.05, 0) is 5.56 Å². The molecule has 0 atom stereocenters.